The van der Waals surface area contributed by atoms with Crippen LogP contribution in [0.4, 0.5) is 0 Å². The number of hydrogen-bond acceptors (Lipinski definition) is 4. The van der Waals surface area contributed by atoms with Crippen molar-refractivity contribution in [3.8, 4) is 0 Å². The molecule has 1 atom stereocenters. The maximum absolute atomic E-state index is 12.7. The summed E-state index contributed by atoms with van der Waals surface area (Å²) >= 11 is 0. The van der Waals surface area contributed by atoms with Gasteiger partial charge in [0.1, 0.15) is 5.92 Å². The average Bonchev–Trinajstić information content (AvgIpc) is 3.22. The highest BCUT2D eigenvalue weighted by Crippen LogP contribution is 2.23. The molecule has 1 aromatic heterocycles. The standard InChI is InChI=1S/C15H19N5O/c21-15(20-10-4-5-11-20)13(14-16-18-19-17-14)9-8-12-6-2-1-3-7-12/h1-3,6-7,13H,4-5,8-11H2,(H,16,17,18,19). The fourth-order valence-corrected chi connectivity index (χ4v) is 2.79. The number of tetrazole rings is 1. The van der Waals surface area contributed by atoms with Crippen molar-refractivity contribution < 1.29 is 4.79 Å². The SMILES string of the molecule is O=C(C(CCc1ccccc1)c1nn[nH]n1)N1CCCC1. The minimum absolute atomic E-state index is 0.129. The number of rotatable bonds is 5. The Morgan fingerprint density at radius 1 is 1.24 bits per heavy atom. The van der Waals surface area contributed by atoms with Crippen LogP contribution in [0, 0.1) is 0 Å². The number of carbonyl (C=O) groups excluding carboxylic acids is 1. The van der Waals surface area contributed by atoms with Crippen LogP contribution in [0.25, 0.3) is 0 Å². The fourth-order valence-electron chi connectivity index (χ4n) is 2.79. The van der Waals surface area contributed by atoms with Gasteiger partial charge in [-0.3, -0.25) is 4.79 Å². The van der Waals surface area contributed by atoms with Gasteiger partial charge in [0, 0.05) is 13.1 Å². The molecule has 0 spiro atoms. The highest BCUT2D eigenvalue weighted by atomic mass is 16.2. The Kier molecular flexibility index (Phi) is 4.23. The third-order valence-corrected chi connectivity index (χ3v) is 3.95. The Balaban J connectivity index is 1.72. The molecule has 3 rings (SSSR count). The number of benzene rings is 1. The first-order chi connectivity index (χ1) is 10.3. The first-order valence-corrected chi connectivity index (χ1v) is 7.40. The number of carbonyl (C=O) groups is 1. The Morgan fingerprint density at radius 2 is 2.00 bits per heavy atom. The van der Waals surface area contributed by atoms with Crippen LogP contribution in [-0.4, -0.2) is 44.5 Å². The van der Waals surface area contributed by atoms with Crippen molar-refractivity contribution in [2.75, 3.05) is 13.1 Å². The summed E-state index contributed by atoms with van der Waals surface area (Å²) in [6.07, 6.45) is 3.71. The molecule has 21 heavy (non-hydrogen) atoms. The van der Waals surface area contributed by atoms with Gasteiger partial charge in [-0.05, 0) is 31.2 Å². The maximum atomic E-state index is 12.7. The summed E-state index contributed by atoms with van der Waals surface area (Å²) in [5.41, 5.74) is 1.22. The van der Waals surface area contributed by atoms with Crippen molar-refractivity contribution in [3.05, 3.63) is 41.7 Å². The first-order valence-electron chi connectivity index (χ1n) is 7.40. The van der Waals surface area contributed by atoms with Crippen molar-refractivity contribution in [2.24, 2.45) is 0 Å². The molecule has 2 heterocycles. The summed E-state index contributed by atoms with van der Waals surface area (Å²) < 4.78 is 0. The second kappa shape index (κ2) is 6.47. The molecule has 0 radical (unpaired) electrons. The van der Waals surface area contributed by atoms with E-state index in [1.54, 1.807) is 0 Å². The molecule has 1 saturated heterocycles. The number of aromatic nitrogens is 4. The zero-order chi connectivity index (χ0) is 14.5. The number of H-pyrrole nitrogens is 1. The van der Waals surface area contributed by atoms with Crippen molar-refractivity contribution in [3.63, 3.8) is 0 Å². The van der Waals surface area contributed by atoms with E-state index in [1.807, 2.05) is 23.1 Å². The number of hydrogen-bond donors (Lipinski definition) is 1. The van der Waals surface area contributed by atoms with Crippen molar-refractivity contribution in [2.45, 2.75) is 31.6 Å². The van der Waals surface area contributed by atoms with E-state index >= 15 is 0 Å². The molecule has 110 valence electrons. The minimum atomic E-state index is -0.304. The first kappa shape index (κ1) is 13.7. The maximum Gasteiger partial charge on any atom is 0.233 e. The quantitative estimate of drug-likeness (QED) is 0.904. The fraction of sp³-hybridized carbons (Fsp3) is 0.467. The van der Waals surface area contributed by atoms with E-state index in [1.165, 1.54) is 5.56 Å². The average molecular weight is 285 g/mol. The summed E-state index contributed by atoms with van der Waals surface area (Å²) in [5.74, 6) is 0.328. The zero-order valence-corrected chi connectivity index (χ0v) is 11.9. The van der Waals surface area contributed by atoms with Crippen LogP contribution in [0.1, 0.15) is 36.6 Å². The van der Waals surface area contributed by atoms with Gasteiger partial charge in [-0.15, -0.1) is 10.2 Å². The summed E-state index contributed by atoms with van der Waals surface area (Å²) in [7, 11) is 0. The molecule has 6 nitrogen and oxygen atoms in total. The molecule has 1 aromatic carbocycles. The second-order valence-electron chi connectivity index (χ2n) is 5.38. The molecule has 1 aliphatic heterocycles. The van der Waals surface area contributed by atoms with Gasteiger partial charge in [-0.1, -0.05) is 35.5 Å². The lowest BCUT2D eigenvalue weighted by atomic mass is 9.97. The number of aryl methyl sites for hydroxylation is 1. The van der Waals surface area contributed by atoms with E-state index in [0.29, 0.717) is 12.2 Å². The van der Waals surface area contributed by atoms with Gasteiger partial charge in [-0.25, -0.2) is 0 Å². The van der Waals surface area contributed by atoms with Gasteiger partial charge >= 0.3 is 0 Å². The smallest absolute Gasteiger partial charge is 0.233 e. The predicted octanol–water partition coefficient (Wildman–Crippen LogP) is 1.54. The third kappa shape index (κ3) is 3.26. The summed E-state index contributed by atoms with van der Waals surface area (Å²) in [5, 5.41) is 14.1. The van der Waals surface area contributed by atoms with Crippen LogP contribution in [-0.2, 0) is 11.2 Å². The summed E-state index contributed by atoms with van der Waals surface area (Å²) in [6.45, 7) is 1.69. The van der Waals surface area contributed by atoms with Crippen LogP contribution in [0.2, 0.25) is 0 Å². The molecule has 1 N–H and O–H groups in total. The molecule has 0 bridgehead atoms. The molecule has 1 fully saturated rings. The monoisotopic (exact) mass is 285 g/mol. The van der Waals surface area contributed by atoms with Crippen LogP contribution >= 0.6 is 0 Å². The van der Waals surface area contributed by atoms with Crippen molar-refractivity contribution >= 4 is 5.91 Å². The Bertz CT molecular complexity index is 563. The Labute approximate surface area is 123 Å². The van der Waals surface area contributed by atoms with Gasteiger partial charge in [0.25, 0.3) is 0 Å². The molecule has 0 saturated carbocycles. The van der Waals surface area contributed by atoms with E-state index in [0.717, 1.165) is 32.4 Å². The van der Waals surface area contributed by atoms with Crippen molar-refractivity contribution in [1.29, 1.82) is 0 Å². The molecule has 0 aliphatic carbocycles. The third-order valence-electron chi connectivity index (χ3n) is 3.95. The number of nitrogens with one attached hydrogen (secondary N) is 1. The number of aromatic amines is 1. The molecule has 2 aromatic rings. The van der Waals surface area contributed by atoms with Crippen LogP contribution in [0.3, 0.4) is 0 Å². The largest absolute Gasteiger partial charge is 0.342 e. The van der Waals surface area contributed by atoms with Crippen LogP contribution in [0.15, 0.2) is 30.3 Å². The molecular weight excluding hydrogens is 266 g/mol. The van der Waals surface area contributed by atoms with Gasteiger partial charge in [0.2, 0.25) is 5.91 Å². The van der Waals surface area contributed by atoms with Crippen LogP contribution < -0.4 is 0 Å². The summed E-state index contributed by atoms with van der Waals surface area (Å²) in [6, 6.07) is 10.2. The molecule has 1 unspecified atom stereocenters. The minimum Gasteiger partial charge on any atom is -0.342 e. The normalized spacial score (nSPS) is 16.1. The number of nitrogens with zero attached hydrogens (tertiary/aromatic N) is 4. The lowest BCUT2D eigenvalue weighted by molar-refractivity contribution is -0.132. The predicted molar refractivity (Wildman–Crippen MR) is 77.5 cm³/mol. The molecule has 6 heteroatoms. The van der Waals surface area contributed by atoms with E-state index in [4.69, 9.17) is 0 Å². The van der Waals surface area contributed by atoms with Gasteiger partial charge in [0.15, 0.2) is 5.82 Å². The zero-order valence-electron chi connectivity index (χ0n) is 11.9. The van der Waals surface area contributed by atoms with E-state index in [2.05, 4.69) is 32.8 Å². The molecule has 1 amide bonds. The van der Waals surface area contributed by atoms with E-state index in [9.17, 15) is 4.79 Å². The highest BCUT2D eigenvalue weighted by molar-refractivity contribution is 5.83. The second-order valence-corrected chi connectivity index (χ2v) is 5.38. The van der Waals surface area contributed by atoms with Gasteiger partial charge in [0.05, 0.1) is 0 Å². The van der Waals surface area contributed by atoms with Gasteiger partial charge < -0.3 is 4.90 Å². The van der Waals surface area contributed by atoms with Crippen LogP contribution in [0.5, 0.6) is 0 Å². The highest BCUT2D eigenvalue weighted by Gasteiger charge is 2.30. The molecule has 1 aliphatic rings. The lowest BCUT2D eigenvalue weighted by Gasteiger charge is -2.21. The van der Waals surface area contributed by atoms with Gasteiger partial charge in [-0.2, -0.15) is 5.21 Å². The Hall–Kier alpha value is -2.24. The number of likely N-dealkylation sites (tertiary alicyclic amines) is 1. The number of amides is 1. The topological polar surface area (TPSA) is 74.8 Å². The Morgan fingerprint density at radius 3 is 2.67 bits per heavy atom. The summed E-state index contributed by atoms with van der Waals surface area (Å²) in [4.78, 5) is 14.6. The molecular formula is C15H19N5O. The van der Waals surface area contributed by atoms with E-state index in [-0.39, 0.29) is 11.8 Å². The van der Waals surface area contributed by atoms with Crippen molar-refractivity contribution in [1.82, 2.24) is 25.5 Å². The van der Waals surface area contributed by atoms with E-state index < -0.39 is 0 Å². The lowest BCUT2D eigenvalue weighted by Crippen LogP contribution is -2.33.